The zero-order chi connectivity index (χ0) is 18.5. The van der Waals surface area contributed by atoms with Crippen molar-refractivity contribution in [3.8, 4) is 0 Å². The summed E-state index contributed by atoms with van der Waals surface area (Å²) in [5.41, 5.74) is 4.46. The Hall–Kier alpha value is -3.14. The largest absolute Gasteiger partial charge is 0.322 e. The van der Waals surface area contributed by atoms with Gasteiger partial charge in [0.15, 0.2) is 0 Å². The minimum atomic E-state index is -0.229. The van der Waals surface area contributed by atoms with Gasteiger partial charge in [0.1, 0.15) is 0 Å². The molecule has 4 heteroatoms. The highest BCUT2D eigenvalue weighted by Gasteiger charge is 2.09. The summed E-state index contributed by atoms with van der Waals surface area (Å²) in [4.78, 5) is 24.7. The predicted octanol–water partition coefficient (Wildman–Crippen LogP) is 4.02. The van der Waals surface area contributed by atoms with Crippen LogP contribution in [-0.2, 0) is 13.0 Å². The van der Waals surface area contributed by atoms with Crippen LogP contribution in [0.15, 0.2) is 71.7 Å². The third-order valence-corrected chi connectivity index (χ3v) is 4.47. The summed E-state index contributed by atoms with van der Waals surface area (Å²) in [7, 11) is 0. The fourth-order valence-electron chi connectivity index (χ4n) is 2.79. The van der Waals surface area contributed by atoms with Crippen LogP contribution in [-0.4, -0.2) is 10.5 Å². The second kappa shape index (κ2) is 7.83. The Labute approximate surface area is 153 Å². The molecule has 0 saturated carbocycles. The second-order valence-corrected chi connectivity index (χ2v) is 6.31. The van der Waals surface area contributed by atoms with E-state index < -0.39 is 0 Å². The van der Waals surface area contributed by atoms with Gasteiger partial charge in [-0.1, -0.05) is 43.3 Å². The van der Waals surface area contributed by atoms with Gasteiger partial charge in [0.25, 0.3) is 11.5 Å². The van der Waals surface area contributed by atoms with E-state index in [9.17, 15) is 9.59 Å². The Balaban J connectivity index is 1.80. The van der Waals surface area contributed by atoms with Gasteiger partial charge >= 0.3 is 0 Å². The van der Waals surface area contributed by atoms with Crippen LogP contribution in [0.1, 0.15) is 34.0 Å². The quantitative estimate of drug-likeness (QED) is 0.758. The number of rotatable bonds is 5. The van der Waals surface area contributed by atoms with Crippen molar-refractivity contribution in [1.82, 2.24) is 4.57 Å². The number of carbonyl (C=O) groups excluding carboxylic acids is 1. The van der Waals surface area contributed by atoms with E-state index in [1.807, 2.05) is 55.5 Å². The molecule has 1 aromatic heterocycles. The van der Waals surface area contributed by atoms with Crippen LogP contribution in [0, 0.1) is 6.92 Å². The maximum Gasteiger partial charge on any atom is 0.257 e. The van der Waals surface area contributed by atoms with Crippen molar-refractivity contribution in [3.05, 3.63) is 99.5 Å². The fourth-order valence-corrected chi connectivity index (χ4v) is 2.79. The second-order valence-electron chi connectivity index (χ2n) is 6.31. The molecule has 2 aromatic carbocycles. The monoisotopic (exact) mass is 346 g/mol. The Morgan fingerprint density at radius 1 is 1.00 bits per heavy atom. The molecule has 4 nitrogen and oxygen atoms in total. The van der Waals surface area contributed by atoms with Crippen molar-refractivity contribution < 1.29 is 4.79 Å². The van der Waals surface area contributed by atoms with E-state index in [1.54, 1.807) is 16.8 Å². The molecule has 1 amide bonds. The third-order valence-electron chi connectivity index (χ3n) is 4.47. The molecule has 0 aliphatic rings. The van der Waals surface area contributed by atoms with Gasteiger partial charge in [0.2, 0.25) is 0 Å². The number of carbonyl (C=O) groups is 1. The highest BCUT2D eigenvalue weighted by molar-refractivity contribution is 6.04. The molecule has 0 aliphatic carbocycles. The average molecular weight is 346 g/mol. The molecule has 132 valence electrons. The van der Waals surface area contributed by atoms with Crippen molar-refractivity contribution in [2.24, 2.45) is 0 Å². The van der Waals surface area contributed by atoms with Crippen LogP contribution in [0.5, 0.6) is 0 Å². The fraction of sp³-hybridized carbons (Fsp3) is 0.182. The number of nitrogens with one attached hydrogen (secondary N) is 1. The molecule has 3 aromatic rings. The average Bonchev–Trinajstić information content (AvgIpc) is 2.66. The summed E-state index contributed by atoms with van der Waals surface area (Å²) in [6.07, 6.45) is 2.57. The molecule has 0 bridgehead atoms. The molecule has 3 rings (SSSR count). The van der Waals surface area contributed by atoms with Crippen LogP contribution < -0.4 is 10.9 Å². The molecular weight excluding hydrogens is 324 g/mol. The first kappa shape index (κ1) is 17.7. The van der Waals surface area contributed by atoms with Gasteiger partial charge in [-0.2, -0.15) is 0 Å². The highest BCUT2D eigenvalue weighted by atomic mass is 16.2. The predicted molar refractivity (Wildman–Crippen MR) is 105 cm³/mol. The SMILES string of the molecule is CCc1ccc(NC(=O)c2ccc(=O)n(Cc3ccccc3C)c2)cc1. The summed E-state index contributed by atoms with van der Waals surface area (Å²) in [6.45, 7) is 4.54. The number of benzene rings is 2. The number of aromatic nitrogens is 1. The first-order valence-corrected chi connectivity index (χ1v) is 8.72. The van der Waals surface area contributed by atoms with Crippen molar-refractivity contribution in [3.63, 3.8) is 0 Å². The number of nitrogens with zero attached hydrogens (tertiary/aromatic N) is 1. The van der Waals surface area contributed by atoms with E-state index in [-0.39, 0.29) is 11.5 Å². The molecule has 0 unspecified atom stereocenters. The minimum Gasteiger partial charge on any atom is -0.322 e. The third kappa shape index (κ3) is 4.09. The van der Waals surface area contributed by atoms with E-state index in [1.165, 1.54) is 11.6 Å². The van der Waals surface area contributed by atoms with E-state index in [2.05, 4.69) is 12.2 Å². The molecule has 0 fully saturated rings. The van der Waals surface area contributed by atoms with Crippen LogP contribution in [0.2, 0.25) is 0 Å². The molecule has 0 saturated heterocycles. The Morgan fingerprint density at radius 3 is 2.42 bits per heavy atom. The maximum absolute atomic E-state index is 12.5. The molecular formula is C22H22N2O2. The molecule has 0 aliphatic heterocycles. The Kier molecular flexibility index (Phi) is 5.32. The lowest BCUT2D eigenvalue weighted by molar-refractivity contribution is 0.102. The van der Waals surface area contributed by atoms with Gasteiger partial charge in [0, 0.05) is 18.0 Å². The van der Waals surface area contributed by atoms with Crippen molar-refractivity contribution in [2.75, 3.05) is 5.32 Å². The van der Waals surface area contributed by atoms with Gasteiger partial charge in [-0.05, 0) is 48.2 Å². The number of pyridine rings is 1. The topological polar surface area (TPSA) is 51.1 Å². The first-order valence-electron chi connectivity index (χ1n) is 8.72. The zero-order valence-corrected chi connectivity index (χ0v) is 15.0. The number of hydrogen-bond donors (Lipinski definition) is 1. The molecule has 1 heterocycles. The van der Waals surface area contributed by atoms with Crippen molar-refractivity contribution >= 4 is 11.6 Å². The Morgan fingerprint density at radius 2 is 1.73 bits per heavy atom. The number of anilines is 1. The van der Waals surface area contributed by atoms with Crippen molar-refractivity contribution in [2.45, 2.75) is 26.8 Å². The number of amides is 1. The van der Waals surface area contributed by atoms with Gasteiger partial charge in [0.05, 0.1) is 12.1 Å². The first-order chi connectivity index (χ1) is 12.6. The lowest BCUT2D eigenvalue weighted by atomic mass is 10.1. The van der Waals surface area contributed by atoms with Gasteiger partial charge in [-0.3, -0.25) is 9.59 Å². The maximum atomic E-state index is 12.5. The standard InChI is InChI=1S/C22H22N2O2/c1-3-17-8-11-20(12-9-17)23-22(26)19-10-13-21(25)24(15-19)14-18-7-5-4-6-16(18)2/h4-13,15H,3,14H2,1-2H3,(H,23,26). The van der Waals surface area contributed by atoms with E-state index >= 15 is 0 Å². The number of hydrogen-bond acceptors (Lipinski definition) is 2. The molecule has 0 radical (unpaired) electrons. The lowest BCUT2D eigenvalue weighted by Gasteiger charge is -2.11. The summed E-state index contributed by atoms with van der Waals surface area (Å²) in [5, 5.41) is 2.88. The molecule has 0 atom stereocenters. The Bertz CT molecular complexity index is 972. The van der Waals surface area contributed by atoms with Gasteiger partial charge in [-0.15, -0.1) is 0 Å². The summed E-state index contributed by atoms with van der Waals surface area (Å²) < 4.78 is 1.57. The summed E-state index contributed by atoms with van der Waals surface area (Å²) >= 11 is 0. The van der Waals surface area contributed by atoms with E-state index in [0.717, 1.165) is 23.2 Å². The molecule has 26 heavy (non-hydrogen) atoms. The lowest BCUT2D eigenvalue weighted by Crippen LogP contribution is -2.22. The van der Waals surface area contributed by atoms with E-state index in [4.69, 9.17) is 0 Å². The van der Waals surface area contributed by atoms with E-state index in [0.29, 0.717) is 12.1 Å². The van der Waals surface area contributed by atoms with Crippen LogP contribution in [0.25, 0.3) is 0 Å². The van der Waals surface area contributed by atoms with Gasteiger partial charge < -0.3 is 9.88 Å². The van der Waals surface area contributed by atoms with Gasteiger partial charge in [-0.25, -0.2) is 0 Å². The van der Waals surface area contributed by atoms with Crippen molar-refractivity contribution in [1.29, 1.82) is 0 Å². The summed E-state index contributed by atoms with van der Waals surface area (Å²) in [6, 6.07) is 18.7. The number of aryl methyl sites for hydroxylation is 2. The zero-order valence-electron chi connectivity index (χ0n) is 15.0. The smallest absolute Gasteiger partial charge is 0.257 e. The van der Waals surface area contributed by atoms with Crippen LogP contribution >= 0.6 is 0 Å². The summed E-state index contributed by atoms with van der Waals surface area (Å²) in [5.74, 6) is -0.229. The normalized spacial score (nSPS) is 10.5. The minimum absolute atomic E-state index is 0.128. The van der Waals surface area contributed by atoms with Crippen LogP contribution in [0.4, 0.5) is 5.69 Å². The molecule has 0 spiro atoms. The highest BCUT2D eigenvalue weighted by Crippen LogP contribution is 2.12. The van der Waals surface area contributed by atoms with Crippen LogP contribution in [0.3, 0.4) is 0 Å². The molecule has 1 N–H and O–H groups in total.